The smallest absolute Gasteiger partial charge is 0.309 e. The van der Waals surface area contributed by atoms with Crippen LogP contribution in [-0.2, 0) is 25.7 Å². The minimum absolute atomic E-state index is 0.0572. The molecule has 2 aromatic carbocycles. The molecule has 0 spiro atoms. The first-order valence-corrected chi connectivity index (χ1v) is 7.52. The van der Waals surface area contributed by atoms with E-state index in [1.807, 2.05) is 54.6 Å². The van der Waals surface area contributed by atoms with Crippen molar-refractivity contribution in [1.29, 1.82) is 0 Å². The molecule has 0 aliphatic rings. The van der Waals surface area contributed by atoms with Crippen LogP contribution in [0.5, 0.6) is 0 Å². The lowest BCUT2D eigenvalue weighted by Gasteiger charge is -2.11. The number of benzene rings is 2. The molecule has 0 radical (unpaired) electrons. The van der Waals surface area contributed by atoms with Crippen LogP contribution >= 0.6 is 0 Å². The summed E-state index contributed by atoms with van der Waals surface area (Å²) >= 11 is 0. The first-order chi connectivity index (χ1) is 11.0. The highest BCUT2D eigenvalue weighted by Gasteiger charge is 2.12. The van der Waals surface area contributed by atoms with Gasteiger partial charge in [-0.3, -0.25) is 9.59 Å². The molecule has 0 heterocycles. The summed E-state index contributed by atoms with van der Waals surface area (Å²) in [5, 5.41) is 0. The van der Waals surface area contributed by atoms with Gasteiger partial charge in [0.15, 0.2) is 0 Å². The maximum atomic E-state index is 11.7. The summed E-state index contributed by atoms with van der Waals surface area (Å²) in [6, 6.07) is 17.9. The van der Waals surface area contributed by atoms with Gasteiger partial charge in [0, 0.05) is 6.92 Å². The van der Waals surface area contributed by atoms with Gasteiger partial charge in [-0.2, -0.15) is 0 Å². The number of carbonyl (C=O) groups is 2. The molecule has 4 nitrogen and oxygen atoms in total. The van der Waals surface area contributed by atoms with Crippen LogP contribution in [0.4, 0.5) is 0 Å². The van der Waals surface area contributed by atoms with E-state index in [2.05, 4.69) is 0 Å². The molecule has 0 bridgehead atoms. The Morgan fingerprint density at radius 1 is 0.957 bits per heavy atom. The Morgan fingerprint density at radius 3 is 2.17 bits per heavy atom. The molecule has 0 fully saturated rings. The van der Waals surface area contributed by atoms with E-state index in [1.54, 1.807) is 6.92 Å². The van der Waals surface area contributed by atoms with E-state index in [4.69, 9.17) is 9.47 Å². The zero-order valence-corrected chi connectivity index (χ0v) is 13.3. The van der Waals surface area contributed by atoms with Crippen molar-refractivity contribution in [2.24, 2.45) is 0 Å². The van der Waals surface area contributed by atoms with Crippen LogP contribution in [0.25, 0.3) is 11.1 Å². The van der Waals surface area contributed by atoms with Gasteiger partial charge < -0.3 is 9.47 Å². The van der Waals surface area contributed by atoms with Crippen molar-refractivity contribution < 1.29 is 19.1 Å². The van der Waals surface area contributed by atoms with Gasteiger partial charge in [-0.1, -0.05) is 54.6 Å². The molecular formula is C19H20O4. The monoisotopic (exact) mass is 312 g/mol. The fourth-order valence-corrected chi connectivity index (χ4v) is 2.21. The van der Waals surface area contributed by atoms with Crippen molar-refractivity contribution in [3.8, 4) is 11.1 Å². The van der Waals surface area contributed by atoms with Gasteiger partial charge in [-0.15, -0.1) is 0 Å². The Morgan fingerprint density at radius 2 is 1.57 bits per heavy atom. The molecule has 2 aromatic rings. The summed E-state index contributed by atoms with van der Waals surface area (Å²) in [5.41, 5.74) is 3.17. The predicted octanol–water partition coefficient (Wildman–Crippen LogP) is 3.74. The van der Waals surface area contributed by atoms with Crippen LogP contribution < -0.4 is 0 Å². The van der Waals surface area contributed by atoms with Crippen molar-refractivity contribution in [3.63, 3.8) is 0 Å². The molecule has 1 atom stereocenters. The summed E-state index contributed by atoms with van der Waals surface area (Å²) in [4.78, 5) is 22.5. The first-order valence-electron chi connectivity index (χ1n) is 7.52. The lowest BCUT2D eigenvalue weighted by Crippen LogP contribution is -2.18. The fourth-order valence-electron chi connectivity index (χ4n) is 2.21. The average molecular weight is 312 g/mol. The van der Waals surface area contributed by atoms with Crippen LogP contribution in [0.3, 0.4) is 0 Å². The largest absolute Gasteiger partial charge is 0.462 e. The number of hydrogen-bond donors (Lipinski definition) is 0. The first kappa shape index (κ1) is 16.7. The number of carbonyl (C=O) groups excluding carboxylic acids is 2. The number of ether oxygens (including phenoxy) is 2. The summed E-state index contributed by atoms with van der Waals surface area (Å²) < 4.78 is 10.1. The molecule has 0 saturated heterocycles. The Bertz CT molecular complexity index is 647. The van der Waals surface area contributed by atoms with E-state index >= 15 is 0 Å². The van der Waals surface area contributed by atoms with Gasteiger partial charge in [-0.25, -0.2) is 0 Å². The zero-order chi connectivity index (χ0) is 16.7. The Labute approximate surface area is 136 Å². The SMILES string of the molecule is CC(=O)O[C@H](C)CC(=O)OCc1ccc(-c2ccccc2)cc1. The molecule has 0 amide bonds. The number of rotatable bonds is 6. The number of esters is 2. The average Bonchev–Trinajstić information content (AvgIpc) is 2.53. The van der Waals surface area contributed by atoms with Gasteiger partial charge >= 0.3 is 11.9 Å². The van der Waals surface area contributed by atoms with Gasteiger partial charge in [0.05, 0.1) is 6.42 Å². The van der Waals surface area contributed by atoms with Crippen LogP contribution in [0.2, 0.25) is 0 Å². The molecule has 0 aliphatic heterocycles. The predicted molar refractivity (Wildman–Crippen MR) is 87.5 cm³/mol. The minimum Gasteiger partial charge on any atom is -0.462 e. The third-order valence-corrected chi connectivity index (χ3v) is 3.28. The molecule has 4 heteroatoms. The Hall–Kier alpha value is -2.62. The molecule has 0 unspecified atom stereocenters. The van der Waals surface area contributed by atoms with Crippen LogP contribution in [0.1, 0.15) is 25.8 Å². The molecule has 2 rings (SSSR count). The lowest BCUT2D eigenvalue weighted by molar-refractivity contribution is -0.153. The van der Waals surface area contributed by atoms with Crippen molar-refractivity contribution in [3.05, 3.63) is 60.2 Å². The van der Waals surface area contributed by atoms with E-state index in [1.165, 1.54) is 6.92 Å². The van der Waals surface area contributed by atoms with E-state index < -0.39 is 12.1 Å². The second-order valence-electron chi connectivity index (χ2n) is 5.35. The van der Waals surface area contributed by atoms with Crippen molar-refractivity contribution >= 4 is 11.9 Å². The number of hydrogen-bond acceptors (Lipinski definition) is 4. The summed E-state index contributed by atoms with van der Waals surface area (Å²) in [7, 11) is 0. The zero-order valence-electron chi connectivity index (χ0n) is 13.3. The molecule has 23 heavy (non-hydrogen) atoms. The molecular weight excluding hydrogens is 292 g/mol. The minimum atomic E-state index is -0.472. The van der Waals surface area contributed by atoms with Gasteiger partial charge in [0.25, 0.3) is 0 Å². The Kier molecular flexibility index (Phi) is 5.92. The normalized spacial score (nSPS) is 11.6. The van der Waals surface area contributed by atoms with Crippen LogP contribution in [0.15, 0.2) is 54.6 Å². The van der Waals surface area contributed by atoms with Crippen molar-refractivity contribution in [2.75, 3.05) is 0 Å². The van der Waals surface area contributed by atoms with Crippen LogP contribution in [0, 0.1) is 0 Å². The second kappa shape index (κ2) is 8.13. The molecule has 120 valence electrons. The highest BCUT2D eigenvalue weighted by molar-refractivity contribution is 5.71. The topological polar surface area (TPSA) is 52.6 Å². The summed E-state index contributed by atoms with van der Waals surface area (Å²) in [6.45, 7) is 3.19. The van der Waals surface area contributed by atoms with E-state index in [-0.39, 0.29) is 19.0 Å². The van der Waals surface area contributed by atoms with E-state index in [0.29, 0.717) is 0 Å². The van der Waals surface area contributed by atoms with Gasteiger partial charge in [0.2, 0.25) is 0 Å². The summed E-state index contributed by atoms with van der Waals surface area (Å²) in [6.07, 6.45) is -0.415. The maximum absolute atomic E-state index is 11.7. The molecule has 0 aliphatic carbocycles. The van der Waals surface area contributed by atoms with Crippen molar-refractivity contribution in [1.82, 2.24) is 0 Å². The second-order valence-corrected chi connectivity index (χ2v) is 5.35. The quantitative estimate of drug-likeness (QED) is 0.763. The van der Waals surface area contributed by atoms with Gasteiger partial charge in [-0.05, 0) is 23.6 Å². The molecule has 0 saturated carbocycles. The van der Waals surface area contributed by atoms with E-state index in [9.17, 15) is 9.59 Å². The highest BCUT2D eigenvalue weighted by atomic mass is 16.6. The molecule has 0 aromatic heterocycles. The van der Waals surface area contributed by atoms with E-state index in [0.717, 1.165) is 16.7 Å². The molecule has 0 N–H and O–H groups in total. The lowest BCUT2D eigenvalue weighted by atomic mass is 10.0. The highest BCUT2D eigenvalue weighted by Crippen LogP contribution is 2.19. The van der Waals surface area contributed by atoms with Gasteiger partial charge in [0.1, 0.15) is 12.7 Å². The summed E-state index contributed by atoms with van der Waals surface area (Å²) in [5.74, 6) is -0.785. The standard InChI is InChI=1S/C19H20O4/c1-14(23-15(2)20)12-19(21)22-13-16-8-10-18(11-9-16)17-6-4-3-5-7-17/h3-11,14H,12-13H2,1-2H3/t14-/m1/s1. The third-order valence-electron chi connectivity index (χ3n) is 3.28. The Balaban J connectivity index is 1.84. The van der Waals surface area contributed by atoms with Crippen molar-refractivity contribution in [2.45, 2.75) is 33.0 Å². The fraction of sp³-hybridized carbons (Fsp3) is 0.263. The maximum Gasteiger partial charge on any atom is 0.309 e. The van der Waals surface area contributed by atoms with Crippen LogP contribution in [-0.4, -0.2) is 18.0 Å². The third kappa shape index (κ3) is 5.58.